The first kappa shape index (κ1) is 13.4. The van der Waals surface area contributed by atoms with E-state index in [-0.39, 0.29) is 6.04 Å². The van der Waals surface area contributed by atoms with E-state index in [4.69, 9.17) is 0 Å². The van der Waals surface area contributed by atoms with Crippen LogP contribution in [0, 0.1) is 0 Å². The molecule has 3 N–H and O–H groups in total. The Morgan fingerprint density at radius 3 is 2.39 bits per heavy atom. The zero-order valence-corrected chi connectivity index (χ0v) is 11.0. The molecule has 2 rings (SSSR count). The molecule has 0 bridgehead atoms. The molecule has 1 aliphatic rings. The fraction of sp³-hybridized carbons (Fsp3) is 0.600. The van der Waals surface area contributed by atoms with E-state index in [0.717, 1.165) is 37.7 Å². The summed E-state index contributed by atoms with van der Waals surface area (Å²) in [6.45, 7) is 2.79. The van der Waals surface area contributed by atoms with Gasteiger partial charge in [-0.25, -0.2) is 0 Å². The minimum Gasteiger partial charge on any atom is -0.508 e. The molecule has 0 saturated heterocycles. The largest absolute Gasteiger partial charge is 0.508 e. The molecule has 3 heteroatoms. The molecular weight excluding hydrogens is 226 g/mol. The van der Waals surface area contributed by atoms with Gasteiger partial charge in [-0.2, -0.15) is 0 Å². The number of aromatic hydroxyl groups is 1. The zero-order chi connectivity index (χ0) is 13.0. The van der Waals surface area contributed by atoms with Crippen LogP contribution in [0.5, 0.6) is 5.75 Å². The fourth-order valence-corrected chi connectivity index (χ4v) is 2.73. The van der Waals surface area contributed by atoms with Gasteiger partial charge < -0.3 is 15.5 Å². The second-order valence-electron chi connectivity index (χ2n) is 5.36. The van der Waals surface area contributed by atoms with Gasteiger partial charge in [-0.05, 0) is 37.0 Å². The van der Waals surface area contributed by atoms with Crippen molar-refractivity contribution in [3.05, 3.63) is 29.8 Å². The van der Waals surface area contributed by atoms with Gasteiger partial charge in [0, 0.05) is 12.6 Å². The second-order valence-corrected chi connectivity index (χ2v) is 5.36. The summed E-state index contributed by atoms with van der Waals surface area (Å²) in [7, 11) is 0. The molecule has 1 atom stereocenters. The lowest BCUT2D eigenvalue weighted by molar-refractivity contribution is 0.0446. The van der Waals surface area contributed by atoms with E-state index in [0.29, 0.717) is 12.3 Å². The summed E-state index contributed by atoms with van der Waals surface area (Å²) >= 11 is 0. The number of nitrogens with one attached hydrogen (secondary N) is 1. The van der Waals surface area contributed by atoms with Gasteiger partial charge in [0.15, 0.2) is 0 Å². The van der Waals surface area contributed by atoms with Crippen LogP contribution >= 0.6 is 0 Å². The third-order valence-electron chi connectivity index (χ3n) is 3.92. The predicted octanol–water partition coefficient (Wildman–Crippen LogP) is 2.74. The Morgan fingerprint density at radius 1 is 1.22 bits per heavy atom. The van der Waals surface area contributed by atoms with E-state index in [9.17, 15) is 10.2 Å². The maximum atomic E-state index is 10.3. The standard InChI is InChI=1S/C15H23NO2/c1-2-14(12-5-7-13(17)8-6-12)16-11-15(18)9-3-4-10-15/h5-8,14,16-18H,2-4,9-11H2,1H3. The Balaban J connectivity index is 1.95. The maximum Gasteiger partial charge on any atom is 0.115 e. The number of phenolic OH excluding ortho intramolecular Hbond substituents is 1. The Morgan fingerprint density at radius 2 is 1.83 bits per heavy atom. The monoisotopic (exact) mass is 249 g/mol. The van der Waals surface area contributed by atoms with Gasteiger partial charge in [-0.3, -0.25) is 0 Å². The quantitative estimate of drug-likeness (QED) is 0.752. The van der Waals surface area contributed by atoms with E-state index in [1.54, 1.807) is 12.1 Å². The summed E-state index contributed by atoms with van der Waals surface area (Å²) in [4.78, 5) is 0. The first-order valence-electron chi connectivity index (χ1n) is 6.88. The Hall–Kier alpha value is -1.06. The molecule has 100 valence electrons. The van der Waals surface area contributed by atoms with Crippen molar-refractivity contribution < 1.29 is 10.2 Å². The van der Waals surface area contributed by atoms with Gasteiger partial charge in [-0.15, -0.1) is 0 Å². The van der Waals surface area contributed by atoms with Crippen LogP contribution in [0.1, 0.15) is 50.6 Å². The van der Waals surface area contributed by atoms with Crippen LogP contribution in [0.2, 0.25) is 0 Å². The van der Waals surface area contributed by atoms with Crippen LogP contribution in [0.3, 0.4) is 0 Å². The molecule has 1 fully saturated rings. The Kier molecular flexibility index (Phi) is 4.25. The Labute approximate surface area is 109 Å². The SMILES string of the molecule is CCC(NCC1(O)CCCC1)c1ccc(O)cc1. The van der Waals surface area contributed by atoms with E-state index < -0.39 is 5.60 Å². The molecule has 0 amide bonds. The smallest absolute Gasteiger partial charge is 0.115 e. The van der Waals surface area contributed by atoms with Gasteiger partial charge in [0.05, 0.1) is 5.60 Å². The predicted molar refractivity (Wildman–Crippen MR) is 72.6 cm³/mol. The van der Waals surface area contributed by atoms with E-state index >= 15 is 0 Å². The van der Waals surface area contributed by atoms with Crippen LogP contribution in [0.15, 0.2) is 24.3 Å². The molecule has 0 aliphatic heterocycles. The third-order valence-corrected chi connectivity index (χ3v) is 3.92. The van der Waals surface area contributed by atoms with Crippen molar-refractivity contribution >= 4 is 0 Å². The summed E-state index contributed by atoms with van der Waals surface area (Å²) in [6, 6.07) is 7.55. The van der Waals surface area contributed by atoms with Crippen molar-refractivity contribution in [1.29, 1.82) is 0 Å². The maximum absolute atomic E-state index is 10.3. The van der Waals surface area contributed by atoms with Crippen molar-refractivity contribution in [3.8, 4) is 5.75 Å². The number of hydrogen-bond acceptors (Lipinski definition) is 3. The van der Waals surface area contributed by atoms with Crippen molar-refractivity contribution in [1.82, 2.24) is 5.32 Å². The summed E-state index contributed by atoms with van der Waals surface area (Å²) < 4.78 is 0. The minimum atomic E-state index is -0.510. The highest BCUT2D eigenvalue weighted by atomic mass is 16.3. The lowest BCUT2D eigenvalue weighted by Crippen LogP contribution is -2.39. The first-order chi connectivity index (χ1) is 8.63. The molecule has 0 radical (unpaired) electrons. The molecule has 1 unspecified atom stereocenters. The molecule has 1 saturated carbocycles. The zero-order valence-electron chi connectivity index (χ0n) is 11.0. The topological polar surface area (TPSA) is 52.5 Å². The van der Waals surface area contributed by atoms with Gasteiger partial charge in [-0.1, -0.05) is 31.9 Å². The lowest BCUT2D eigenvalue weighted by atomic mass is 9.99. The van der Waals surface area contributed by atoms with E-state index in [1.165, 1.54) is 0 Å². The Bertz CT molecular complexity index is 369. The minimum absolute atomic E-state index is 0.246. The van der Waals surface area contributed by atoms with Crippen LogP contribution in [0.4, 0.5) is 0 Å². The number of hydrogen-bond donors (Lipinski definition) is 3. The highest BCUT2D eigenvalue weighted by Crippen LogP contribution is 2.29. The fourth-order valence-electron chi connectivity index (χ4n) is 2.73. The molecule has 1 aromatic carbocycles. The van der Waals surface area contributed by atoms with Crippen LogP contribution in [-0.2, 0) is 0 Å². The molecule has 0 heterocycles. The number of rotatable bonds is 5. The summed E-state index contributed by atoms with van der Waals surface area (Å²) in [6.07, 6.45) is 5.06. The molecule has 18 heavy (non-hydrogen) atoms. The number of benzene rings is 1. The number of phenols is 1. The first-order valence-corrected chi connectivity index (χ1v) is 6.88. The van der Waals surface area contributed by atoms with Crippen LogP contribution < -0.4 is 5.32 Å². The van der Waals surface area contributed by atoms with Gasteiger partial charge >= 0.3 is 0 Å². The van der Waals surface area contributed by atoms with Crippen molar-refractivity contribution in [2.45, 2.75) is 50.7 Å². The number of aliphatic hydroxyl groups is 1. The lowest BCUT2D eigenvalue weighted by Gasteiger charge is -2.26. The van der Waals surface area contributed by atoms with Gasteiger partial charge in [0.1, 0.15) is 5.75 Å². The van der Waals surface area contributed by atoms with Crippen LogP contribution in [-0.4, -0.2) is 22.4 Å². The summed E-state index contributed by atoms with van der Waals surface area (Å²) in [5, 5.41) is 23.1. The van der Waals surface area contributed by atoms with E-state index in [2.05, 4.69) is 12.2 Å². The van der Waals surface area contributed by atoms with Gasteiger partial charge in [0.2, 0.25) is 0 Å². The summed E-state index contributed by atoms with van der Waals surface area (Å²) in [5.74, 6) is 0.294. The second kappa shape index (κ2) is 5.72. The van der Waals surface area contributed by atoms with Crippen LogP contribution in [0.25, 0.3) is 0 Å². The molecule has 0 spiro atoms. The molecule has 0 aromatic heterocycles. The van der Waals surface area contributed by atoms with E-state index in [1.807, 2.05) is 12.1 Å². The normalized spacial score (nSPS) is 19.9. The van der Waals surface area contributed by atoms with Crippen molar-refractivity contribution in [3.63, 3.8) is 0 Å². The van der Waals surface area contributed by atoms with Crippen molar-refractivity contribution in [2.24, 2.45) is 0 Å². The highest BCUT2D eigenvalue weighted by Gasteiger charge is 2.31. The molecular formula is C15H23NO2. The average Bonchev–Trinajstić information content (AvgIpc) is 2.79. The summed E-state index contributed by atoms with van der Waals surface area (Å²) in [5.41, 5.74) is 0.654. The van der Waals surface area contributed by atoms with Crippen molar-refractivity contribution in [2.75, 3.05) is 6.54 Å². The highest BCUT2D eigenvalue weighted by molar-refractivity contribution is 5.28. The average molecular weight is 249 g/mol. The molecule has 3 nitrogen and oxygen atoms in total. The third kappa shape index (κ3) is 3.24. The molecule has 1 aromatic rings. The molecule has 1 aliphatic carbocycles. The van der Waals surface area contributed by atoms with Gasteiger partial charge in [0.25, 0.3) is 0 Å².